The Kier molecular flexibility index (Phi) is 5.57. The van der Waals surface area contributed by atoms with Crippen molar-refractivity contribution in [2.24, 2.45) is 0 Å². The molecule has 7 heteroatoms. The summed E-state index contributed by atoms with van der Waals surface area (Å²) in [4.78, 5) is 38.3. The maximum absolute atomic E-state index is 12.9. The Balaban J connectivity index is 1.67. The van der Waals surface area contributed by atoms with Gasteiger partial charge in [0.25, 0.3) is 11.5 Å². The number of aromatic nitrogens is 2. The molecule has 1 heterocycles. The van der Waals surface area contributed by atoms with E-state index in [1.807, 2.05) is 12.1 Å². The smallest absolute Gasteiger partial charge is 0.360 e. The van der Waals surface area contributed by atoms with E-state index < -0.39 is 18.0 Å². The monoisotopic (exact) mass is 413 g/mol. The zero-order valence-corrected chi connectivity index (χ0v) is 16.7. The number of benzene rings is 3. The van der Waals surface area contributed by atoms with Gasteiger partial charge in [0, 0.05) is 11.1 Å². The number of para-hydroxylation sites is 2. The fourth-order valence-corrected chi connectivity index (χ4v) is 3.12. The molecule has 154 valence electrons. The number of esters is 1. The largest absolute Gasteiger partial charge is 0.448 e. The van der Waals surface area contributed by atoms with Crippen molar-refractivity contribution >= 4 is 28.3 Å². The fourth-order valence-electron chi connectivity index (χ4n) is 3.12. The van der Waals surface area contributed by atoms with Crippen molar-refractivity contribution in [3.05, 3.63) is 101 Å². The summed E-state index contributed by atoms with van der Waals surface area (Å²) < 4.78 is 6.54. The van der Waals surface area contributed by atoms with E-state index in [0.717, 1.165) is 4.68 Å². The summed E-state index contributed by atoms with van der Waals surface area (Å²) in [6.45, 7) is 1.48. The lowest BCUT2D eigenvalue weighted by molar-refractivity contribution is -0.123. The predicted molar refractivity (Wildman–Crippen MR) is 117 cm³/mol. The van der Waals surface area contributed by atoms with Crippen molar-refractivity contribution in [2.45, 2.75) is 13.0 Å². The highest BCUT2D eigenvalue weighted by molar-refractivity contribution is 6.03. The van der Waals surface area contributed by atoms with Crippen molar-refractivity contribution in [1.29, 1.82) is 0 Å². The maximum Gasteiger partial charge on any atom is 0.360 e. The van der Waals surface area contributed by atoms with Crippen LogP contribution in [0.15, 0.2) is 89.7 Å². The van der Waals surface area contributed by atoms with E-state index in [2.05, 4.69) is 10.4 Å². The molecular weight excluding hydrogens is 394 g/mol. The molecule has 1 aromatic heterocycles. The van der Waals surface area contributed by atoms with Crippen LogP contribution in [-0.2, 0) is 9.53 Å². The Morgan fingerprint density at radius 3 is 2.13 bits per heavy atom. The summed E-state index contributed by atoms with van der Waals surface area (Å²) in [5.74, 6) is -1.27. The molecule has 4 rings (SSSR count). The van der Waals surface area contributed by atoms with Gasteiger partial charge in [0.05, 0.1) is 11.1 Å². The zero-order valence-electron chi connectivity index (χ0n) is 16.7. The molecule has 0 aliphatic heterocycles. The lowest BCUT2D eigenvalue weighted by Crippen LogP contribution is -2.31. The molecule has 7 nitrogen and oxygen atoms in total. The number of nitrogens with one attached hydrogen (secondary N) is 1. The van der Waals surface area contributed by atoms with E-state index >= 15 is 0 Å². The minimum atomic E-state index is -1.06. The van der Waals surface area contributed by atoms with Crippen LogP contribution < -0.4 is 10.9 Å². The predicted octanol–water partition coefficient (Wildman–Crippen LogP) is 3.57. The first-order chi connectivity index (χ1) is 15.0. The number of anilines is 1. The van der Waals surface area contributed by atoms with Crippen LogP contribution >= 0.6 is 0 Å². The van der Waals surface area contributed by atoms with Crippen molar-refractivity contribution in [3.8, 4) is 5.69 Å². The summed E-state index contributed by atoms with van der Waals surface area (Å²) in [6.07, 6.45) is -1.06. The van der Waals surface area contributed by atoms with E-state index in [-0.39, 0.29) is 11.3 Å². The van der Waals surface area contributed by atoms with Crippen LogP contribution in [0.2, 0.25) is 0 Å². The van der Waals surface area contributed by atoms with Crippen LogP contribution in [0, 0.1) is 0 Å². The summed E-state index contributed by atoms with van der Waals surface area (Å²) in [7, 11) is 0. The molecule has 0 aliphatic rings. The summed E-state index contributed by atoms with van der Waals surface area (Å²) in [6, 6.07) is 24.3. The van der Waals surface area contributed by atoms with Crippen molar-refractivity contribution in [1.82, 2.24) is 9.78 Å². The molecule has 0 bridgehead atoms. The third kappa shape index (κ3) is 4.20. The number of amides is 1. The van der Waals surface area contributed by atoms with Crippen molar-refractivity contribution in [3.63, 3.8) is 0 Å². The number of carbonyl (C=O) groups is 2. The highest BCUT2D eigenvalue weighted by atomic mass is 16.5. The highest BCUT2D eigenvalue weighted by Gasteiger charge is 2.23. The van der Waals surface area contributed by atoms with Gasteiger partial charge in [-0.05, 0) is 37.3 Å². The quantitative estimate of drug-likeness (QED) is 0.505. The summed E-state index contributed by atoms with van der Waals surface area (Å²) in [5, 5.41) is 7.65. The average molecular weight is 413 g/mol. The molecule has 0 fully saturated rings. The van der Waals surface area contributed by atoms with E-state index in [4.69, 9.17) is 4.74 Å². The second-order valence-corrected chi connectivity index (χ2v) is 6.85. The third-order valence-electron chi connectivity index (χ3n) is 4.69. The van der Waals surface area contributed by atoms with Gasteiger partial charge < -0.3 is 10.1 Å². The van der Waals surface area contributed by atoms with Gasteiger partial charge in [-0.25, -0.2) is 4.79 Å². The lowest BCUT2D eigenvalue weighted by Gasteiger charge is -2.15. The molecule has 0 radical (unpaired) electrons. The molecule has 0 unspecified atom stereocenters. The van der Waals surface area contributed by atoms with Crippen LogP contribution in [0.5, 0.6) is 0 Å². The van der Waals surface area contributed by atoms with Crippen LogP contribution in [0.4, 0.5) is 5.69 Å². The third-order valence-corrected chi connectivity index (χ3v) is 4.69. The molecule has 3 aromatic carbocycles. The summed E-state index contributed by atoms with van der Waals surface area (Å²) in [5.41, 5.74) is 0.713. The zero-order chi connectivity index (χ0) is 21.8. The molecule has 0 aliphatic carbocycles. The van der Waals surface area contributed by atoms with Crippen molar-refractivity contribution in [2.75, 3.05) is 5.32 Å². The molecule has 1 amide bonds. The van der Waals surface area contributed by atoms with E-state index in [1.54, 1.807) is 72.8 Å². The summed E-state index contributed by atoms with van der Waals surface area (Å²) >= 11 is 0. The molecule has 31 heavy (non-hydrogen) atoms. The fraction of sp³-hybridized carbons (Fsp3) is 0.0833. The van der Waals surface area contributed by atoms with Gasteiger partial charge in [-0.3, -0.25) is 9.59 Å². The lowest BCUT2D eigenvalue weighted by atomic mass is 10.1. The standard InChI is InChI=1S/C24H19N3O4/c1-16(22(28)25-17-10-4-2-5-11-17)31-24(30)21-19-14-8-9-15-20(19)23(29)27(26-21)18-12-6-3-7-13-18/h2-16H,1H3,(H,25,28)/t16-/m0/s1. The molecule has 0 saturated carbocycles. The van der Waals surface area contributed by atoms with Crippen molar-refractivity contribution < 1.29 is 14.3 Å². The Labute approximate surface area is 177 Å². The molecule has 0 spiro atoms. The molecule has 0 saturated heterocycles. The molecular formula is C24H19N3O4. The number of hydrogen-bond acceptors (Lipinski definition) is 5. The SMILES string of the molecule is C[C@H](OC(=O)c1nn(-c2ccccc2)c(=O)c2ccccc12)C(=O)Nc1ccccc1. The van der Waals surface area contributed by atoms with E-state index in [9.17, 15) is 14.4 Å². The van der Waals surface area contributed by atoms with Crippen LogP contribution in [-0.4, -0.2) is 27.8 Å². The highest BCUT2D eigenvalue weighted by Crippen LogP contribution is 2.17. The first kappa shape index (κ1) is 20.0. The molecule has 4 aromatic rings. The Morgan fingerprint density at radius 1 is 0.871 bits per heavy atom. The van der Waals surface area contributed by atoms with Crippen LogP contribution in [0.25, 0.3) is 16.5 Å². The van der Waals surface area contributed by atoms with Gasteiger partial charge in [-0.15, -0.1) is 0 Å². The Hall–Kier alpha value is -4.26. The average Bonchev–Trinajstić information content (AvgIpc) is 2.80. The van der Waals surface area contributed by atoms with Crippen LogP contribution in [0.1, 0.15) is 17.4 Å². The van der Waals surface area contributed by atoms with E-state index in [1.165, 1.54) is 6.92 Å². The number of nitrogens with zero attached hydrogens (tertiary/aromatic N) is 2. The first-order valence-electron chi connectivity index (χ1n) is 9.69. The van der Waals surface area contributed by atoms with Gasteiger partial charge in [0.15, 0.2) is 11.8 Å². The van der Waals surface area contributed by atoms with Gasteiger partial charge in [-0.1, -0.05) is 54.6 Å². The number of carbonyl (C=O) groups excluding carboxylic acids is 2. The number of ether oxygens (including phenoxy) is 1. The Morgan fingerprint density at radius 2 is 1.45 bits per heavy atom. The minimum Gasteiger partial charge on any atom is -0.448 e. The topological polar surface area (TPSA) is 90.3 Å². The van der Waals surface area contributed by atoms with Crippen LogP contribution in [0.3, 0.4) is 0 Å². The molecule has 1 N–H and O–H groups in total. The number of rotatable bonds is 5. The maximum atomic E-state index is 12.9. The normalized spacial score (nSPS) is 11.6. The van der Waals surface area contributed by atoms with Gasteiger partial charge >= 0.3 is 5.97 Å². The Bertz CT molecular complexity index is 1300. The number of hydrogen-bond donors (Lipinski definition) is 1. The minimum absolute atomic E-state index is 0.0431. The van der Waals surface area contributed by atoms with Gasteiger partial charge in [0.2, 0.25) is 0 Å². The van der Waals surface area contributed by atoms with Gasteiger partial charge in [-0.2, -0.15) is 9.78 Å². The second-order valence-electron chi connectivity index (χ2n) is 6.85. The second kappa shape index (κ2) is 8.62. The molecule has 1 atom stereocenters. The van der Waals surface area contributed by atoms with E-state index in [0.29, 0.717) is 22.1 Å². The number of fused-ring (bicyclic) bond motifs is 1. The van der Waals surface area contributed by atoms with Gasteiger partial charge in [0.1, 0.15) is 0 Å². The first-order valence-corrected chi connectivity index (χ1v) is 9.69.